The van der Waals surface area contributed by atoms with Gasteiger partial charge in [0.2, 0.25) is 0 Å². The van der Waals surface area contributed by atoms with Crippen LogP contribution in [0, 0.1) is 0 Å². The van der Waals surface area contributed by atoms with Crippen molar-refractivity contribution in [3.63, 3.8) is 0 Å². The molecule has 2 atom stereocenters. The predicted octanol–water partition coefficient (Wildman–Crippen LogP) is 4.06. The van der Waals surface area contributed by atoms with Crippen molar-refractivity contribution in [1.82, 2.24) is 4.98 Å². The van der Waals surface area contributed by atoms with Crippen LogP contribution < -0.4 is 4.31 Å². The number of aliphatic carboxylic acids is 1. The molecule has 2 unspecified atom stereocenters. The number of pyridine rings is 1. The van der Waals surface area contributed by atoms with E-state index in [2.05, 4.69) is 4.98 Å². The van der Waals surface area contributed by atoms with Crippen molar-refractivity contribution < 1.29 is 23.1 Å². The number of para-hydroxylation sites is 1. The number of aromatic nitrogens is 1. The first-order valence-corrected chi connectivity index (χ1v) is 10.5. The van der Waals surface area contributed by atoms with Crippen LogP contribution in [-0.4, -0.2) is 30.9 Å². The third kappa shape index (κ3) is 4.05. The van der Waals surface area contributed by atoms with E-state index in [0.717, 1.165) is 20.6 Å². The number of hydrogen-bond acceptors (Lipinski definition) is 5. The Bertz CT molecular complexity index is 1210. The third-order valence-electron chi connectivity index (χ3n) is 5.01. The average Bonchev–Trinajstić information content (AvgIpc) is 3.11. The quantitative estimate of drug-likeness (QED) is 0.428. The molecule has 2 aromatic carbocycles. The molecule has 0 saturated carbocycles. The van der Waals surface area contributed by atoms with Crippen LogP contribution in [0.25, 0.3) is 21.9 Å². The van der Waals surface area contributed by atoms with Gasteiger partial charge in [-0.25, -0.2) is 4.79 Å². The summed E-state index contributed by atoms with van der Waals surface area (Å²) in [5.74, 6) is -1.19. The summed E-state index contributed by atoms with van der Waals surface area (Å²) in [5.41, 5.74) is 2.56. The number of hydrogen-bond donors (Lipinski definition) is 1. The van der Waals surface area contributed by atoms with Crippen molar-refractivity contribution in [2.75, 3.05) is 4.31 Å². The molecule has 0 spiro atoms. The number of carbonyl (C=O) groups is 1. The van der Waals surface area contributed by atoms with Crippen LogP contribution in [-0.2, 0) is 22.5 Å². The molecule has 1 N–H and O–H groups in total. The minimum atomic E-state index is -2.76. The number of carboxylic acids is 1. The summed E-state index contributed by atoms with van der Waals surface area (Å²) in [4.78, 5) is 16.0. The van der Waals surface area contributed by atoms with Gasteiger partial charge in [-0.1, -0.05) is 24.3 Å². The molecule has 2 aromatic heterocycles. The molecule has 0 saturated heterocycles. The first-order valence-electron chi connectivity index (χ1n) is 9.46. The Morgan fingerprint density at radius 2 is 1.93 bits per heavy atom. The van der Waals surface area contributed by atoms with Gasteiger partial charge < -0.3 is 14.1 Å². The van der Waals surface area contributed by atoms with E-state index < -0.39 is 23.3 Å². The number of benzene rings is 2. The van der Waals surface area contributed by atoms with Gasteiger partial charge in [-0.3, -0.25) is 13.5 Å². The smallest absolute Gasteiger partial charge is 0.327 e. The molecule has 0 radical (unpaired) electrons. The van der Waals surface area contributed by atoms with Crippen LogP contribution in [0.3, 0.4) is 0 Å². The van der Waals surface area contributed by atoms with Crippen molar-refractivity contribution in [3.8, 4) is 0 Å². The minimum Gasteiger partial charge on any atom is -0.755 e. The second-order valence-electron chi connectivity index (χ2n) is 6.93. The molecule has 0 aliphatic heterocycles. The Hall–Kier alpha value is -3.23. The first kappa shape index (κ1) is 20.1. The average molecular weight is 423 g/mol. The fraction of sp³-hybridized carbons (Fsp3) is 0.182. The van der Waals surface area contributed by atoms with E-state index in [4.69, 9.17) is 4.42 Å². The zero-order valence-electron chi connectivity index (χ0n) is 15.9. The number of aryl methyl sites for hydroxylation is 1. The van der Waals surface area contributed by atoms with Crippen molar-refractivity contribution >= 4 is 44.9 Å². The monoisotopic (exact) mass is 423 g/mol. The Morgan fingerprint density at radius 3 is 2.67 bits per heavy atom. The zero-order chi connectivity index (χ0) is 21.1. The second kappa shape index (κ2) is 8.64. The van der Waals surface area contributed by atoms with Crippen molar-refractivity contribution in [2.45, 2.75) is 25.3 Å². The van der Waals surface area contributed by atoms with Gasteiger partial charge in [-0.15, -0.1) is 0 Å². The van der Waals surface area contributed by atoms with Gasteiger partial charge in [-0.2, -0.15) is 0 Å². The van der Waals surface area contributed by atoms with E-state index in [1.807, 2.05) is 36.4 Å². The maximum Gasteiger partial charge on any atom is 0.327 e. The molecule has 0 aliphatic rings. The topological polar surface area (TPSA) is 107 Å². The number of nitrogens with zero attached hydrogens (tertiary/aromatic N) is 2. The highest BCUT2D eigenvalue weighted by Crippen LogP contribution is 2.33. The minimum absolute atomic E-state index is 0.169. The highest BCUT2D eigenvalue weighted by Gasteiger charge is 2.27. The zero-order valence-corrected chi connectivity index (χ0v) is 16.7. The molecule has 7 nitrogen and oxygen atoms in total. The van der Waals surface area contributed by atoms with E-state index >= 15 is 0 Å². The molecule has 0 amide bonds. The fourth-order valence-electron chi connectivity index (χ4n) is 3.61. The van der Waals surface area contributed by atoms with Gasteiger partial charge >= 0.3 is 5.97 Å². The van der Waals surface area contributed by atoms with Gasteiger partial charge in [0, 0.05) is 34.4 Å². The van der Waals surface area contributed by atoms with Gasteiger partial charge in [0.25, 0.3) is 0 Å². The SMILES string of the molecule is O=C(O)C(CCCc1cccnc1)N(c1ccc2oc3ccccc3c2c1)S(=O)[O-]. The van der Waals surface area contributed by atoms with E-state index in [-0.39, 0.29) is 12.1 Å². The molecule has 4 rings (SSSR count). The lowest BCUT2D eigenvalue weighted by molar-refractivity contribution is -0.138. The van der Waals surface area contributed by atoms with E-state index in [1.54, 1.807) is 30.6 Å². The maximum absolute atomic E-state index is 12.0. The van der Waals surface area contributed by atoms with Crippen molar-refractivity contribution in [3.05, 3.63) is 72.6 Å². The second-order valence-corrected chi connectivity index (χ2v) is 7.76. The number of fused-ring (bicyclic) bond motifs is 3. The first-order chi connectivity index (χ1) is 14.5. The number of anilines is 1. The lowest BCUT2D eigenvalue weighted by atomic mass is 10.1. The molecule has 8 heteroatoms. The van der Waals surface area contributed by atoms with E-state index in [0.29, 0.717) is 24.0 Å². The Morgan fingerprint density at radius 1 is 1.13 bits per heavy atom. The van der Waals surface area contributed by atoms with Crippen molar-refractivity contribution in [1.29, 1.82) is 0 Å². The normalized spacial score (nSPS) is 13.4. The summed E-state index contributed by atoms with van der Waals surface area (Å²) in [7, 11) is 0. The largest absolute Gasteiger partial charge is 0.755 e. The Balaban J connectivity index is 1.64. The van der Waals surface area contributed by atoms with Gasteiger partial charge in [0.1, 0.15) is 17.2 Å². The summed E-state index contributed by atoms with van der Waals surface area (Å²) in [6, 6.07) is 14.8. The number of carboxylic acid groups (broad SMARTS) is 1. The summed E-state index contributed by atoms with van der Waals surface area (Å²) in [6.07, 6.45) is 4.68. The molecule has 0 aliphatic carbocycles. The molecule has 154 valence electrons. The van der Waals surface area contributed by atoms with Crippen LogP contribution >= 0.6 is 0 Å². The van der Waals surface area contributed by atoms with Crippen molar-refractivity contribution in [2.24, 2.45) is 0 Å². The molecular weight excluding hydrogens is 404 g/mol. The van der Waals surface area contributed by atoms with Crippen LogP contribution in [0.1, 0.15) is 18.4 Å². The molecule has 30 heavy (non-hydrogen) atoms. The van der Waals surface area contributed by atoms with E-state index in [1.165, 1.54) is 0 Å². The lowest BCUT2D eigenvalue weighted by Gasteiger charge is -2.32. The molecular formula is C22H19N2O5S-. The van der Waals surface area contributed by atoms with Gasteiger partial charge in [-0.05, 0) is 55.2 Å². The van der Waals surface area contributed by atoms with E-state index in [9.17, 15) is 18.7 Å². The maximum atomic E-state index is 12.0. The number of furan rings is 1. The molecule has 0 fully saturated rings. The van der Waals surface area contributed by atoms with Crippen LogP contribution in [0.15, 0.2) is 71.4 Å². The molecule has 0 bridgehead atoms. The summed E-state index contributed by atoms with van der Waals surface area (Å²) in [5, 5.41) is 11.3. The summed E-state index contributed by atoms with van der Waals surface area (Å²) in [6.45, 7) is 0. The summed E-state index contributed by atoms with van der Waals surface area (Å²) < 4.78 is 30.8. The standard InChI is InChI=1S/C22H20N2O5S/c25-22(26)19(8-3-5-15-6-4-12-23-14-15)24(30(27)28)16-10-11-21-18(13-16)17-7-1-2-9-20(17)29-21/h1-2,4,6-7,9-14,19H,3,5,8H2,(H,25,26)(H,27,28)/p-1. The van der Waals surface area contributed by atoms with Crippen LogP contribution in [0.2, 0.25) is 0 Å². The van der Waals surface area contributed by atoms with Crippen LogP contribution in [0.5, 0.6) is 0 Å². The Kier molecular flexibility index (Phi) is 5.78. The number of rotatable bonds is 8. The Labute approximate surface area is 175 Å². The van der Waals surface area contributed by atoms with Crippen LogP contribution in [0.4, 0.5) is 5.69 Å². The van der Waals surface area contributed by atoms with Gasteiger partial charge in [0.05, 0.1) is 5.69 Å². The highest BCUT2D eigenvalue weighted by atomic mass is 32.2. The third-order valence-corrected chi connectivity index (χ3v) is 5.80. The lowest BCUT2D eigenvalue weighted by Crippen LogP contribution is -2.42. The molecule has 2 heterocycles. The predicted molar refractivity (Wildman–Crippen MR) is 114 cm³/mol. The van der Waals surface area contributed by atoms with Gasteiger partial charge in [0.15, 0.2) is 0 Å². The highest BCUT2D eigenvalue weighted by molar-refractivity contribution is 7.80. The fourth-order valence-corrected chi connectivity index (χ4v) is 4.30. The summed E-state index contributed by atoms with van der Waals surface area (Å²) >= 11 is -2.76. The molecule has 4 aromatic rings.